The SMILES string of the molecule is Cc1cc([C@H]2[C@@H](C(=O)Nc3cnc(Cl)c(Cl)c3)[C@H]3O[C@@H]2C2C[C@@H]23)ccn1.Cc1cc([C@H]2[C@H]3O[C@H]([C@@H]4C[C@@H]43)[C@H]2C(=O)Nc2cnc(Cl)c(Cl)c2)ccn1. The van der Waals surface area contributed by atoms with Crippen LogP contribution in [0.25, 0.3) is 0 Å². The number of hydrogen-bond donors (Lipinski definition) is 2. The van der Waals surface area contributed by atoms with Gasteiger partial charge in [0.2, 0.25) is 11.8 Å². The van der Waals surface area contributed by atoms with E-state index in [4.69, 9.17) is 55.9 Å². The second kappa shape index (κ2) is 13.2. The lowest BCUT2D eigenvalue weighted by Crippen LogP contribution is -2.37. The summed E-state index contributed by atoms with van der Waals surface area (Å²) in [6, 6.07) is 11.4. The van der Waals surface area contributed by atoms with Crippen LogP contribution < -0.4 is 10.6 Å². The molecule has 10 nitrogen and oxygen atoms in total. The van der Waals surface area contributed by atoms with E-state index in [0.717, 1.165) is 35.4 Å². The van der Waals surface area contributed by atoms with E-state index < -0.39 is 0 Å². The minimum Gasteiger partial charge on any atom is -0.373 e. The van der Waals surface area contributed by atoms with Crippen molar-refractivity contribution in [1.29, 1.82) is 0 Å². The zero-order chi connectivity index (χ0) is 36.0. The van der Waals surface area contributed by atoms with E-state index >= 15 is 0 Å². The topological polar surface area (TPSA) is 128 Å². The highest BCUT2D eigenvalue weighted by Crippen LogP contribution is 2.66. The zero-order valence-electron chi connectivity index (χ0n) is 28.0. The largest absolute Gasteiger partial charge is 0.373 e. The summed E-state index contributed by atoms with van der Waals surface area (Å²) in [5, 5.41) is 6.98. The fourth-order valence-electron chi connectivity index (χ4n) is 9.37. The first-order valence-electron chi connectivity index (χ1n) is 17.5. The van der Waals surface area contributed by atoms with Crippen LogP contribution in [-0.4, -0.2) is 56.2 Å². The molecule has 0 radical (unpaired) electrons. The van der Waals surface area contributed by atoms with Gasteiger partial charge in [0.25, 0.3) is 0 Å². The number of aromatic nitrogens is 4. The van der Waals surface area contributed by atoms with Gasteiger partial charge in [-0.15, -0.1) is 0 Å². The van der Waals surface area contributed by atoms with Crippen molar-refractivity contribution in [2.24, 2.45) is 35.5 Å². The Hall–Kier alpha value is -3.38. The van der Waals surface area contributed by atoms with Crippen LogP contribution in [0.5, 0.6) is 0 Å². The lowest BCUT2D eigenvalue weighted by molar-refractivity contribution is -0.122. The van der Waals surface area contributed by atoms with Gasteiger partial charge in [-0.2, -0.15) is 0 Å². The molecule has 2 saturated carbocycles. The Labute approximate surface area is 320 Å². The highest BCUT2D eigenvalue weighted by molar-refractivity contribution is 6.41. The molecule has 268 valence electrons. The van der Waals surface area contributed by atoms with Crippen molar-refractivity contribution in [2.75, 3.05) is 10.6 Å². The Morgan fingerprint density at radius 1 is 0.615 bits per heavy atom. The number of carbonyl (C=O) groups is 2. The number of fused-ring (bicyclic) bond motifs is 10. The summed E-state index contributed by atoms with van der Waals surface area (Å²) in [6.07, 6.45) is 9.18. The molecule has 4 aromatic heterocycles. The Kier molecular flexibility index (Phi) is 8.72. The number of pyridine rings is 4. The number of aryl methyl sites for hydroxylation is 2. The molecule has 0 spiro atoms. The normalized spacial score (nSPS) is 33.8. The number of ether oxygens (including phenoxy) is 2. The number of carbonyl (C=O) groups excluding carboxylic acids is 2. The zero-order valence-corrected chi connectivity index (χ0v) is 31.1. The molecule has 4 saturated heterocycles. The highest BCUT2D eigenvalue weighted by Gasteiger charge is 2.69. The van der Waals surface area contributed by atoms with Crippen molar-refractivity contribution in [2.45, 2.75) is 62.9 Å². The van der Waals surface area contributed by atoms with Crippen LogP contribution in [0, 0.1) is 49.4 Å². The molecule has 10 rings (SSSR count). The molecular weight excluding hydrogens is 746 g/mol. The standard InChI is InChI=1S/2C19H17Cl2N3O2/c2*1-8-4-9(2-3-22-8)14-15(17-12-6-11(12)16(14)26-17)19(25)24-10-5-13(20)18(21)23-7-10/h2*2-5,7,11-12,14-17H,6H2,1H3,(H,24,25)/t11?,12-,14-,15+,16+,17-;11-,12+,14+,15-,16-,17+/m00/s1. The maximum Gasteiger partial charge on any atom is 0.230 e. The van der Waals surface area contributed by atoms with Crippen molar-refractivity contribution >= 4 is 69.6 Å². The number of hydrogen-bond acceptors (Lipinski definition) is 8. The molecule has 52 heavy (non-hydrogen) atoms. The lowest BCUT2D eigenvalue weighted by atomic mass is 9.75. The van der Waals surface area contributed by atoms with Gasteiger partial charge < -0.3 is 20.1 Å². The lowest BCUT2D eigenvalue weighted by Gasteiger charge is -2.27. The van der Waals surface area contributed by atoms with Crippen LogP contribution in [0.15, 0.2) is 61.2 Å². The van der Waals surface area contributed by atoms with Crippen LogP contribution in [0.2, 0.25) is 20.4 Å². The Morgan fingerprint density at radius 2 is 1.02 bits per heavy atom. The summed E-state index contributed by atoms with van der Waals surface area (Å²) in [5.41, 5.74) is 5.25. The Bertz CT molecular complexity index is 1960. The second-order valence-electron chi connectivity index (χ2n) is 14.8. The predicted molar refractivity (Wildman–Crippen MR) is 197 cm³/mol. The van der Waals surface area contributed by atoms with E-state index in [1.807, 2.05) is 26.0 Å². The van der Waals surface area contributed by atoms with E-state index in [1.54, 1.807) is 24.5 Å². The first kappa shape index (κ1) is 34.4. The summed E-state index contributed by atoms with van der Waals surface area (Å²) >= 11 is 23.7. The fourth-order valence-corrected chi connectivity index (χ4v) is 9.91. The quantitative estimate of drug-likeness (QED) is 0.191. The number of rotatable bonds is 6. The molecule has 1 unspecified atom stereocenters. The summed E-state index contributed by atoms with van der Waals surface area (Å²) in [7, 11) is 0. The molecule has 2 N–H and O–H groups in total. The first-order valence-corrected chi connectivity index (χ1v) is 19.0. The molecule has 12 atom stereocenters. The minimum absolute atomic E-state index is 0.0146. The second-order valence-corrected chi connectivity index (χ2v) is 16.3. The van der Waals surface area contributed by atoms with Crippen LogP contribution >= 0.6 is 46.4 Å². The molecule has 6 aliphatic rings. The van der Waals surface area contributed by atoms with E-state index in [0.29, 0.717) is 45.1 Å². The van der Waals surface area contributed by atoms with Gasteiger partial charge in [0.1, 0.15) is 10.3 Å². The molecule has 0 aromatic carbocycles. The Balaban J connectivity index is 0.000000138. The van der Waals surface area contributed by atoms with E-state index in [2.05, 4.69) is 42.7 Å². The van der Waals surface area contributed by atoms with Crippen molar-refractivity contribution in [3.8, 4) is 0 Å². The number of anilines is 2. The van der Waals surface area contributed by atoms with Gasteiger partial charge in [-0.1, -0.05) is 46.4 Å². The molecule has 8 heterocycles. The third kappa shape index (κ3) is 6.05. The average Bonchev–Trinajstić information content (AvgIpc) is 3.96. The maximum absolute atomic E-state index is 13.1. The van der Waals surface area contributed by atoms with Gasteiger partial charge in [0.05, 0.1) is 70.1 Å². The monoisotopic (exact) mass is 778 g/mol. The number of amides is 2. The van der Waals surface area contributed by atoms with Gasteiger partial charge >= 0.3 is 0 Å². The smallest absolute Gasteiger partial charge is 0.230 e. The van der Waals surface area contributed by atoms with Gasteiger partial charge in [-0.05, 0) is 97.9 Å². The third-order valence-electron chi connectivity index (χ3n) is 11.6. The van der Waals surface area contributed by atoms with Crippen molar-refractivity contribution in [3.05, 3.63) is 104 Å². The van der Waals surface area contributed by atoms with Gasteiger partial charge in [-0.3, -0.25) is 19.6 Å². The number of halogens is 4. The first-order chi connectivity index (χ1) is 25.0. The van der Waals surface area contributed by atoms with E-state index in [-0.39, 0.29) is 70.2 Å². The summed E-state index contributed by atoms with van der Waals surface area (Å²) in [4.78, 5) is 42.8. The summed E-state index contributed by atoms with van der Waals surface area (Å²) in [6.45, 7) is 3.93. The van der Waals surface area contributed by atoms with Crippen molar-refractivity contribution < 1.29 is 19.1 Å². The van der Waals surface area contributed by atoms with Crippen LogP contribution in [0.1, 0.15) is 47.2 Å². The molecule has 4 bridgehead atoms. The molecule has 2 amide bonds. The summed E-state index contributed by atoms with van der Waals surface area (Å²) < 4.78 is 12.4. The van der Waals surface area contributed by atoms with Crippen LogP contribution in [0.4, 0.5) is 11.4 Å². The molecule has 4 aliphatic heterocycles. The van der Waals surface area contributed by atoms with Crippen LogP contribution in [0.3, 0.4) is 0 Å². The van der Waals surface area contributed by atoms with Crippen molar-refractivity contribution in [3.63, 3.8) is 0 Å². The molecule has 2 aliphatic carbocycles. The van der Waals surface area contributed by atoms with Gasteiger partial charge in [0, 0.05) is 35.6 Å². The number of nitrogens with zero attached hydrogens (tertiary/aromatic N) is 4. The van der Waals surface area contributed by atoms with Crippen molar-refractivity contribution in [1.82, 2.24) is 19.9 Å². The van der Waals surface area contributed by atoms with Gasteiger partial charge in [-0.25, -0.2) is 9.97 Å². The molecule has 4 aromatic rings. The predicted octanol–water partition coefficient (Wildman–Crippen LogP) is 7.69. The molecule has 14 heteroatoms. The summed E-state index contributed by atoms with van der Waals surface area (Å²) in [5.74, 6) is 1.78. The Morgan fingerprint density at radius 3 is 1.40 bits per heavy atom. The van der Waals surface area contributed by atoms with Gasteiger partial charge in [0.15, 0.2) is 0 Å². The highest BCUT2D eigenvalue weighted by atomic mass is 35.5. The van der Waals surface area contributed by atoms with Crippen LogP contribution in [-0.2, 0) is 19.1 Å². The molecular formula is C38H34Cl4N6O4. The average molecular weight is 781 g/mol. The maximum atomic E-state index is 13.1. The number of nitrogens with one attached hydrogen (secondary N) is 2. The fraction of sp³-hybridized carbons (Fsp3) is 0.421. The minimum atomic E-state index is -0.222. The van der Waals surface area contributed by atoms with E-state index in [1.165, 1.54) is 12.4 Å². The third-order valence-corrected chi connectivity index (χ3v) is 13.0. The van der Waals surface area contributed by atoms with E-state index in [9.17, 15) is 9.59 Å². The molecule has 6 fully saturated rings.